The van der Waals surface area contributed by atoms with E-state index in [2.05, 4.69) is 20.7 Å². The van der Waals surface area contributed by atoms with Gasteiger partial charge in [-0.1, -0.05) is 0 Å². The summed E-state index contributed by atoms with van der Waals surface area (Å²) in [5, 5.41) is 6.19. The van der Waals surface area contributed by atoms with E-state index in [1.54, 1.807) is 0 Å². The number of nitrogens with two attached hydrogens (primary N) is 1. The Bertz CT molecular complexity index is 786. The summed E-state index contributed by atoms with van der Waals surface area (Å²) in [5.41, 5.74) is 4.16. The molecular formula is C18H21F6N5O. The SMILES string of the molecule is CN1CCC(CNC(=O)/C=C\N/N=C(\N)c2cc(C(F)(F)F)cc(C(F)(F)F)c2)C1. The number of alkyl halides is 6. The molecule has 30 heavy (non-hydrogen) atoms. The van der Waals surface area contributed by atoms with Gasteiger partial charge >= 0.3 is 12.4 Å². The van der Waals surface area contributed by atoms with E-state index < -0.39 is 40.8 Å². The van der Waals surface area contributed by atoms with Crippen molar-refractivity contribution >= 4 is 11.7 Å². The number of nitrogens with one attached hydrogen (secondary N) is 2. The molecule has 1 amide bonds. The highest BCUT2D eigenvalue weighted by molar-refractivity contribution is 5.97. The zero-order valence-electron chi connectivity index (χ0n) is 15.9. The van der Waals surface area contributed by atoms with Gasteiger partial charge in [-0.15, -0.1) is 0 Å². The Morgan fingerprint density at radius 1 is 1.20 bits per heavy atom. The molecule has 1 fully saturated rings. The van der Waals surface area contributed by atoms with Crippen molar-refractivity contribution in [2.45, 2.75) is 18.8 Å². The molecule has 1 heterocycles. The fourth-order valence-corrected chi connectivity index (χ4v) is 2.88. The molecule has 1 aromatic carbocycles. The van der Waals surface area contributed by atoms with Gasteiger partial charge in [0.25, 0.3) is 0 Å². The average molecular weight is 437 g/mol. The number of halogens is 6. The summed E-state index contributed by atoms with van der Waals surface area (Å²) in [6, 6.07) is 0.923. The Labute approximate surface area is 168 Å². The van der Waals surface area contributed by atoms with Crippen molar-refractivity contribution < 1.29 is 31.1 Å². The molecule has 0 aromatic heterocycles. The van der Waals surface area contributed by atoms with Gasteiger partial charge in [-0.25, -0.2) is 0 Å². The molecule has 1 aliphatic rings. The van der Waals surface area contributed by atoms with Crippen molar-refractivity contribution in [3.8, 4) is 0 Å². The highest BCUT2D eigenvalue weighted by atomic mass is 19.4. The monoisotopic (exact) mass is 437 g/mol. The predicted molar refractivity (Wildman–Crippen MR) is 98.1 cm³/mol. The minimum absolute atomic E-state index is 0.00342. The maximum Gasteiger partial charge on any atom is 0.416 e. The molecule has 4 N–H and O–H groups in total. The molecule has 1 aliphatic heterocycles. The molecule has 0 spiro atoms. The molecule has 0 radical (unpaired) electrons. The van der Waals surface area contributed by atoms with Crippen LogP contribution < -0.4 is 16.5 Å². The lowest BCUT2D eigenvalue weighted by Gasteiger charge is -2.13. The first-order valence-electron chi connectivity index (χ1n) is 8.87. The van der Waals surface area contributed by atoms with Gasteiger partial charge in [-0.05, 0) is 44.1 Å². The normalized spacial score (nSPS) is 18.8. The number of amides is 1. The van der Waals surface area contributed by atoms with Crippen LogP contribution in [0.5, 0.6) is 0 Å². The van der Waals surface area contributed by atoms with Crippen LogP contribution >= 0.6 is 0 Å². The maximum absolute atomic E-state index is 12.9. The fourth-order valence-electron chi connectivity index (χ4n) is 2.88. The molecule has 0 bridgehead atoms. The molecule has 1 aromatic rings. The number of amidine groups is 1. The summed E-state index contributed by atoms with van der Waals surface area (Å²) in [7, 11) is 1.98. The largest absolute Gasteiger partial charge is 0.416 e. The number of likely N-dealkylation sites (tertiary alicyclic amines) is 1. The van der Waals surface area contributed by atoms with E-state index in [4.69, 9.17) is 5.73 Å². The second-order valence-electron chi connectivity index (χ2n) is 6.92. The van der Waals surface area contributed by atoms with Crippen LogP contribution in [0.1, 0.15) is 23.1 Å². The minimum atomic E-state index is -4.99. The number of hydrogen-bond acceptors (Lipinski definition) is 4. The molecular weight excluding hydrogens is 416 g/mol. The van der Waals surface area contributed by atoms with Crippen LogP contribution in [0.25, 0.3) is 0 Å². The van der Waals surface area contributed by atoms with E-state index >= 15 is 0 Å². The van der Waals surface area contributed by atoms with Gasteiger partial charge in [-0.3, -0.25) is 10.2 Å². The summed E-state index contributed by atoms with van der Waals surface area (Å²) in [5.74, 6) is -0.687. The fraction of sp³-hybridized carbons (Fsp3) is 0.444. The van der Waals surface area contributed by atoms with Crippen LogP contribution in [0.15, 0.2) is 35.6 Å². The molecule has 6 nitrogen and oxygen atoms in total. The van der Waals surface area contributed by atoms with Gasteiger partial charge in [0.2, 0.25) is 5.91 Å². The van der Waals surface area contributed by atoms with Gasteiger partial charge in [0, 0.05) is 30.9 Å². The first kappa shape index (κ1) is 23.5. The Hall–Kier alpha value is -2.76. The first-order valence-corrected chi connectivity index (χ1v) is 8.87. The smallest absolute Gasteiger partial charge is 0.382 e. The number of nitrogens with zero attached hydrogens (tertiary/aromatic N) is 2. The Kier molecular flexibility index (Phi) is 7.34. The van der Waals surface area contributed by atoms with E-state index in [9.17, 15) is 31.1 Å². The lowest BCUT2D eigenvalue weighted by molar-refractivity contribution is -0.143. The number of hydrogen-bond donors (Lipinski definition) is 3. The standard InChI is InChI=1S/C18H21F6N5O/c1-29-5-3-11(10-29)9-26-15(30)2-4-27-28-16(25)12-6-13(17(19,20)21)8-14(7-12)18(22,23)24/h2,4,6-8,11,27H,3,5,9-10H2,1H3,(H2,25,28)(H,26,30)/b4-2-. The number of hydrazone groups is 1. The van der Waals surface area contributed by atoms with Crippen molar-refractivity contribution in [1.82, 2.24) is 15.6 Å². The van der Waals surface area contributed by atoms with Crippen molar-refractivity contribution in [3.63, 3.8) is 0 Å². The number of carbonyl (C=O) groups excluding carboxylic acids is 1. The van der Waals surface area contributed by atoms with Crippen molar-refractivity contribution in [1.29, 1.82) is 0 Å². The molecule has 1 atom stereocenters. The second kappa shape index (κ2) is 9.37. The van der Waals surface area contributed by atoms with E-state index in [1.807, 2.05) is 7.05 Å². The molecule has 2 rings (SSSR count). The topological polar surface area (TPSA) is 82.8 Å². The summed E-state index contributed by atoms with van der Waals surface area (Å²) < 4.78 is 77.3. The maximum atomic E-state index is 12.9. The molecule has 0 aliphatic carbocycles. The van der Waals surface area contributed by atoms with Crippen molar-refractivity contribution in [2.24, 2.45) is 16.8 Å². The second-order valence-corrected chi connectivity index (χ2v) is 6.92. The van der Waals surface area contributed by atoms with Gasteiger partial charge in [0.15, 0.2) is 5.84 Å². The van der Waals surface area contributed by atoms with Gasteiger partial charge in [0.05, 0.1) is 11.1 Å². The Morgan fingerprint density at radius 3 is 2.30 bits per heavy atom. The number of carbonyl (C=O) groups is 1. The molecule has 0 saturated carbocycles. The quantitative estimate of drug-likeness (QED) is 0.210. The molecule has 1 saturated heterocycles. The van der Waals surface area contributed by atoms with E-state index in [0.29, 0.717) is 24.6 Å². The highest BCUT2D eigenvalue weighted by Gasteiger charge is 2.37. The lowest BCUT2D eigenvalue weighted by Crippen LogP contribution is -2.29. The third kappa shape index (κ3) is 6.94. The van der Waals surface area contributed by atoms with Crippen molar-refractivity contribution in [3.05, 3.63) is 47.2 Å². The first-order chi connectivity index (χ1) is 13.9. The zero-order chi connectivity index (χ0) is 22.5. The van der Waals surface area contributed by atoms with Gasteiger partial charge in [-0.2, -0.15) is 31.4 Å². The minimum Gasteiger partial charge on any atom is -0.382 e. The summed E-state index contributed by atoms with van der Waals surface area (Å²) in [6.07, 6.45) is -6.86. The number of benzene rings is 1. The average Bonchev–Trinajstić information content (AvgIpc) is 3.07. The van der Waals surface area contributed by atoms with E-state index in [1.165, 1.54) is 0 Å². The van der Waals surface area contributed by atoms with Gasteiger partial charge in [0.1, 0.15) is 0 Å². The summed E-state index contributed by atoms with van der Waals surface area (Å²) in [4.78, 5) is 13.9. The van der Waals surface area contributed by atoms with Crippen LogP contribution in [0.3, 0.4) is 0 Å². The summed E-state index contributed by atoms with van der Waals surface area (Å²) >= 11 is 0. The Morgan fingerprint density at radius 2 is 1.80 bits per heavy atom. The van der Waals surface area contributed by atoms with Crippen LogP contribution in [0.2, 0.25) is 0 Å². The van der Waals surface area contributed by atoms with E-state index in [-0.39, 0.29) is 6.07 Å². The number of rotatable bonds is 6. The highest BCUT2D eigenvalue weighted by Crippen LogP contribution is 2.36. The predicted octanol–water partition coefficient (Wildman–Crippen LogP) is 2.52. The van der Waals surface area contributed by atoms with Crippen LogP contribution in [0, 0.1) is 5.92 Å². The van der Waals surface area contributed by atoms with Crippen LogP contribution in [-0.4, -0.2) is 43.3 Å². The van der Waals surface area contributed by atoms with Crippen LogP contribution in [-0.2, 0) is 17.1 Å². The Balaban J connectivity index is 2.00. The summed E-state index contributed by atoms with van der Waals surface area (Å²) in [6.45, 7) is 2.32. The third-order valence-corrected chi connectivity index (χ3v) is 4.43. The van der Waals surface area contributed by atoms with E-state index in [0.717, 1.165) is 31.8 Å². The van der Waals surface area contributed by atoms with Gasteiger partial charge < -0.3 is 16.0 Å². The molecule has 12 heteroatoms. The molecule has 166 valence electrons. The lowest BCUT2D eigenvalue weighted by atomic mass is 10.0. The molecule has 1 unspecified atom stereocenters. The zero-order valence-corrected chi connectivity index (χ0v) is 15.9. The van der Waals surface area contributed by atoms with Crippen molar-refractivity contribution in [2.75, 3.05) is 26.7 Å². The van der Waals surface area contributed by atoms with Crippen LogP contribution in [0.4, 0.5) is 26.3 Å². The third-order valence-electron chi connectivity index (χ3n) is 4.43.